The number of aromatic amines is 1. The van der Waals surface area contributed by atoms with E-state index in [-0.39, 0.29) is 5.91 Å². The number of nitrogens with one attached hydrogen (secondary N) is 2. The second-order valence-electron chi connectivity index (χ2n) is 4.53. The average molecular weight is 321 g/mol. The number of hydrogen-bond donors (Lipinski definition) is 2. The summed E-state index contributed by atoms with van der Waals surface area (Å²) in [6.45, 7) is 0.574. The van der Waals surface area contributed by atoms with E-state index >= 15 is 0 Å². The number of carbonyl (C=O) groups is 1. The summed E-state index contributed by atoms with van der Waals surface area (Å²) in [5.41, 5.74) is 0. The minimum absolute atomic E-state index is 0.126. The summed E-state index contributed by atoms with van der Waals surface area (Å²) in [4.78, 5) is 16.8. The molecular formula is C14H13ClN4OS. The summed E-state index contributed by atoms with van der Waals surface area (Å²) in [7, 11) is 0. The molecular weight excluding hydrogens is 308 g/mol. The summed E-state index contributed by atoms with van der Waals surface area (Å²) < 4.78 is 1.02. The first-order valence-corrected chi connectivity index (χ1v) is 7.74. The first-order chi connectivity index (χ1) is 10.3. The largest absolute Gasteiger partial charge is 0.351 e. The van der Waals surface area contributed by atoms with Crippen LogP contribution in [0.4, 0.5) is 0 Å². The number of benzene rings is 1. The van der Waals surface area contributed by atoms with Crippen LogP contribution in [0.15, 0.2) is 30.6 Å². The minimum atomic E-state index is -0.126. The van der Waals surface area contributed by atoms with Crippen LogP contribution in [-0.2, 0) is 6.42 Å². The van der Waals surface area contributed by atoms with Gasteiger partial charge < -0.3 is 5.32 Å². The molecule has 1 amide bonds. The fourth-order valence-corrected chi connectivity index (χ4v) is 3.48. The van der Waals surface area contributed by atoms with Crippen LogP contribution in [0.1, 0.15) is 21.9 Å². The molecule has 0 saturated carbocycles. The molecule has 0 aliphatic carbocycles. The predicted octanol–water partition coefficient (Wildman–Crippen LogP) is 3.04. The fraction of sp³-hybridized carbons (Fsp3) is 0.214. The molecule has 108 valence electrons. The highest BCUT2D eigenvalue weighted by Crippen LogP contribution is 2.34. The van der Waals surface area contributed by atoms with Gasteiger partial charge in [-0.05, 0) is 12.5 Å². The number of halogens is 1. The van der Waals surface area contributed by atoms with Crippen molar-refractivity contribution in [3.05, 3.63) is 46.3 Å². The van der Waals surface area contributed by atoms with Crippen molar-refractivity contribution in [2.75, 3.05) is 6.54 Å². The number of H-pyrrole nitrogens is 1. The number of thiophene rings is 1. The summed E-state index contributed by atoms with van der Waals surface area (Å²) >= 11 is 7.69. The molecule has 0 unspecified atom stereocenters. The Morgan fingerprint density at radius 2 is 2.24 bits per heavy atom. The maximum absolute atomic E-state index is 12.2. The van der Waals surface area contributed by atoms with E-state index in [0.29, 0.717) is 16.4 Å². The molecule has 0 aliphatic rings. The molecule has 0 fully saturated rings. The Hall–Kier alpha value is -1.92. The SMILES string of the molecule is O=C(NCCCc1ncn[nH]1)c1sc2ccccc2c1Cl. The standard InChI is InChI=1S/C14H13ClN4OS/c15-12-9-4-1-2-5-10(9)21-13(12)14(20)16-7-3-6-11-17-8-18-19-11/h1-2,4-5,8H,3,6-7H2,(H,16,20)(H,17,18,19). The highest BCUT2D eigenvalue weighted by molar-refractivity contribution is 7.21. The molecule has 0 saturated heterocycles. The number of hydrogen-bond acceptors (Lipinski definition) is 4. The quantitative estimate of drug-likeness (QED) is 0.710. The second-order valence-corrected chi connectivity index (χ2v) is 5.96. The van der Waals surface area contributed by atoms with Crippen LogP contribution in [-0.4, -0.2) is 27.6 Å². The van der Waals surface area contributed by atoms with Gasteiger partial charge in [0.15, 0.2) is 0 Å². The van der Waals surface area contributed by atoms with Gasteiger partial charge in [-0.2, -0.15) is 5.10 Å². The van der Waals surface area contributed by atoms with Crippen molar-refractivity contribution in [3.63, 3.8) is 0 Å². The van der Waals surface area contributed by atoms with E-state index in [9.17, 15) is 4.79 Å². The lowest BCUT2D eigenvalue weighted by Crippen LogP contribution is -2.24. The van der Waals surface area contributed by atoms with Crippen LogP contribution in [0.3, 0.4) is 0 Å². The number of carbonyl (C=O) groups excluding carboxylic acids is 1. The summed E-state index contributed by atoms with van der Waals surface area (Å²) in [5.74, 6) is 0.697. The van der Waals surface area contributed by atoms with E-state index < -0.39 is 0 Å². The Labute approximate surface area is 130 Å². The van der Waals surface area contributed by atoms with E-state index in [0.717, 1.165) is 28.8 Å². The van der Waals surface area contributed by atoms with Gasteiger partial charge in [0.25, 0.3) is 5.91 Å². The third-order valence-corrected chi connectivity index (χ3v) is 4.76. The molecule has 7 heteroatoms. The number of nitrogens with zero attached hydrogens (tertiary/aromatic N) is 2. The van der Waals surface area contributed by atoms with Crippen LogP contribution in [0.2, 0.25) is 5.02 Å². The lowest BCUT2D eigenvalue weighted by Gasteiger charge is -2.02. The zero-order valence-electron chi connectivity index (χ0n) is 11.1. The monoisotopic (exact) mass is 320 g/mol. The topological polar surface area (TPSA) is 70.7 Å². The highest BCUT2D eigenvalue weighted by atomic mass is 35.5. The third-order valence-electron chi connectivity index (χ3n) is 3.08. The molecule has 3 aromatic rings. The number of amides is 1. The fourth-order valence-electron chi connectivity index (χ4n) is 2.05. The van der Waals surface area contributed by atoms with Crippen molar-refractivity contribution in [2.24, 2.45) is 0 Å². The van der Waals surface area contributed by atoms with E-state index in [4.69, 9.17) is 11.6 Å². The van der Waals surface area contributed by atoms with Gasteiger partial charge in [-0.25, -0.2) is 4.98 Å². The molecule has 0 aliphatic heterocycles. The van der Waals surface area contributed by atoms with Gasteiger partial charge >= 0.3 is 0 Å². The smallest absolute Gasteiger partial charge is 0.262 e. The van der Waals surface area contributed by atoms with Gasteiger partial charge in [0.2, 0.25) is 0 Å². The van der Waals surface area contributed by atoms with E-state index in [1.807, 2.05) is 24.3 Å². The first kappa shape index (κ1) is 14.0. The van der Waals surface area contributed by atoms with Crippen molar-refractivity contribution in [2.45, 2.75) is 12.8 Å². The molecule has 2 heterocycles. The Balaban J connectivity index is 1.60. The van der Waals surface area contributed by atoms with Crippen molar-refractivity contribution < 1.29 is 4.79 Å². The predicted molar refractivity (Wildman–Crippen MR) is 83.9 cm³/mol. The second kappa shape index (κ2) is 6.24. The van der Waals surface area contributed by atoms with Crippen molar-refractivity contribution in [1.82, 2.24) is 20.5 Å². The van der Waals surface area contributed by atoms with Gasteiger partial charge in [0.1, 0.15) is 17.0 Å². The molecule has 0 spiro atoms. The van der Waals surface area contributed by atoms with Crippen molar-refractivity contribution in [3.8, 4) is 0 Å². The molecule has 1 aromatic carbocycles. The van der Waals surface area contributed by atoms with E-state index in [1.165, 1.54) is 17.7 Å². The molecule has 3 rings (SSSR count). The molecule has 0 bridgehead atoms. The Morgan fingerprint density at radius 1 is 1.38 bits per heavy atom. The Morgan fingerprint density at radius 3 is 3.00 bits per heavy atom. The van der Waals surface area contributed by atoms with Crippen molar-refractivity contribution in [1.29, 1.82) is 0 Å². The first-order valence-electron chi connectivity index (χ1n) is 6.55. The number of rotatable bonds is 5. The van der Waals surface area contributed by atoms with Crippen LogP contribution in [0.5, 0.6) is 0 Å². The van der Waals surface area contributed by atoms with E-state index in [2.05, 4.69) is 20.5 Å². The summed E-state index contributed by atoms with van der Waals surface area (Å²) in [6.07, 6.45) is 3.02. The van der Waals surface area contributed by atoms with Gasteiger partial charge in [-0.1, -0.05) is 29.8 Å². The lowest BCUT2D eigenvalue weighted by molar-refractivity contribution is 0.0957. The van der Waals surface area contributed by atoms with Crippen molar-refractivity contribution >= 4 is 38.9 Å². The molecule has 5 nitrogen and oxygen atoms in total. The minimum Gasteiger partial charge on any atom is -0.351 e. The van der Waals surface area contributed by atoms with Gasteiger partial charge in [-0.15, -0.1) is 11.3 Å². The zero-order valence-corrected chi connectivity index (χ0v) is 12.7. The number of fused-ring (bicyclic) bond motifs is 1. The maximum Gasteiger partial charge on any atom is 0.262 e. The maximum atomic E-state index is 12.2. The molecule has 0 radical (unpaired) electrons. The Kier molecular flexibility index (Phi) is 4.17. The average Bonchev–Trinajstić information content (AvgIpc) is 3.12. The molecule has 21 heavy (non-hydrogen) atoms. The molecule has 0 atom stereocenters. The van der Waals surface area contributed by atoms with Crippen LogP contribution in [0.25, 0.3) is 10.1 Å². The lowest BCUT2D eigenvalue weighted by atomic mass is 10.2. The number of aromatic nitrogens is 3. The zero-order chi connectivity index (χ0) is 14.7. The summed E-state index contributed by atoms with van der Waals surface area (Å²) in [6, 6.07) is 7.75. The molecule has 2 N–H and O–H groups in total. The number of aryl methyl sites for hydroxylation is 1. The van der Waals surface area contributed by atoms with E-state index in [1.54, 1.807) is 0 Å². The highest BCUT2D eigenvalue weighted by Gasteiger charge is 2.16. The van der Waals surface area contributed by atoms with Crippen LogP contribution in [0, 0.1) is 0 Å². The van der Waals surface area contributed by atoms with Gasteiger partial charge in [0, 0.05) is 23.1 Å². The Bertz CT molecular complexity index is 754. The van der Waals surface area contributed by atoms with Crippen LogP contribution >= 0.6 is 22.9 Å². The third kappa shape index (κ3) is 3.06. The van der Waals surface area contributed by atoms with Gasteiger partial charge in [0.05, 0.1) is 5.02 Å². The van der Waals surface area contributed by atoms with Crippen LogP contribution < -0.4 is 5.32 Å². The van der Waals surface area contributed by atoms with Gasteiger partial charge in [-0.3, -0.25) is 9.89 Å². The normalized spacial score (nSPS) is 10.9. The molecule has 2 aromatic heterocycles. The summed E-state index contributed by atoms with van der Waals surface area (Å²) in [5, 5.41) is 10.9.